The zero-order valence-electron chi connectivity index (χ0n) is 17.2. The minimum Gasteiger partial charge on any atom is -0.495 e. The Balaban J connectivity index is 2.15. The number of hydrogen-bond donors (Lipinski definition) is 2. The van der Waals surface area contributed by atoms with Crippen LogP contribution >= 0.6 is 0 Å². The number of anilines is 1. The van der Waals surface area contributed by atoms with E-state index in [2.05, 4.69) is 10.0 Å². The molecule has 0 unspecified atom stereocenters. The fourth-order valence-electron chi connectivity index (χ4n) is 2.65. The maximum absolute atomic E-state index is 12.6. The summed E-state index contributed by atoms with van der Waals surface area (Å²) in [5.41, 5.74) is 1.61. The summed E-state index contributed by atoms with van der Waals surface area (Å²) in [5, 5.41) is 2.74. The molecule has 0 atom stereocenters. The smallest absolute Gasteiger partial charge is 0.256 e. The van der Waals surface area contributed by atoms with E-state index < -0.39 is 10.0 Å². The van der Waals surface area contributed by atoms with Crippen LogP contribution in [-0.2, 0) is 14.8 Å². The molecule has 2 aromatic carbocycles. The second kappa shape index (κ2) is 10.4. The van der Waals surface area contributed by atoms with Crippen LogP contribution in [0.4, 0.5) is 5.69 Å². The topological polar surface area (TPSA) is 93.7 Å². The third-order valence-corrected chi connectivity index (χ3v) is 5.64. The van der Waals surface area contributed by atoms with Gasteiger partial charge in [-0.1, -0.05) is 18.2 Å². The van der Waals surface area contributed by atoms with Gasteiger partial charge in [0.2, 0.25) is 10.0 Å². The average molecular weight is 421 g/mol. The Hall–Kier alpha value is -2.42. The Morgan fingerprint density at radius 2 is 1.86 bits per heavy atom. The molecule has 158 valence electrons. The Morgan fingerprint density at radius 3 is 2.52 bits per heavy atom. The van der Waals surface area contributed by atoms with Gasteiger partial charge in [-0.3, -0.25) is 4.79 Å². The molecule has 0 bridgehead atoms. The maximum atomic E-state index is 12.6. The Kier molecular flexibility index (Phi) is 8.19. The summed E-state index contributed by atoms with van der Waals surface area (Å²) in [7, 11) is -2.27. The molecule has 0 spiro atoms. The molecule has 0 aliphatic carbocycles. The largest absolute Gasteiger partial charge is 0.495 e. The number of aryl methyl sites for hydroxylation is 1. The minimum absolute atomic E-state index is 0.0446. The number of carbonyl (C=O) groups excluding carboxylic acids is 1. The molecule has 2 rings (SSSR count). The molecule has 0 heterocycles. The monoisotopic (exact) mass is 420 g/mol. The highest BCUT2D eigenvalue weighted by Gasteiger charge is 2.18. The van der Waals surface area contributed by atoms with Gasteiger partial charge in [-0.2, -0.15) is 0 Å². The predicted octanol–water partition coefficient (Wildman–Crippen LogP) is 3.35. The van der Waals surface area contributed by atoms with Gasteiger partial charge in [0.1, 0.15) is 5.75 Å². The molecule has 0 aliphatic rings. The Bertz CT molecular complexity index is 942. The van der Waals surface area contributed by atoms with Crippen LogP contribution in [0.3, 0.4) is 0 Å². The SMILES string of the molecule is COc1ccc(S(=O)(=O)NCCCOC(C)C)cc1NC(=O)c1ccccc1C. The first-order chi connectivity index (χ1) is 13.7. The molecule has 7 nitrogen and oxygen atoms in total. The number of benzene rings is 2. The second-order valence-corrected chi connectivity index (χ2v) is 8.57. The summed E-state index contributed by atoms with van der Waals surface area (Å²) in [6.07, 6.45) is 0.664. The summed E-state index contributed by atoms with van der Waals surface area (Å²) >= 11 is 0. The van der Waals surface area contributed by atoms with E-state index in [0.717, 1.165) is 5.56 Å². The lowest BCUT2D eigenvalue weighted by molar-refractivity contribution is 0.0778. The lowest BCUT2D eigenvalue weighted by Gasteiger charge is -2.14. The van der Waals surface area contributed by atoms with Crippen molar-refractivity contribution in [3.05, 3.63) is 53.6 Å². The first-order valence-corrected chi connectivity index (χ1v) is 10.9. The lowest BCUT2D eigenvalue weighted by Crippen LogP contribution is -2.26. The highest BCUT2D eigenvalue weighted by atomic mass is 32.2. The van der Waals surface area contributed by atoms with Crippen LogP contribution in [0.5, 0.6) is 5.75 Å². The molecule has 0 radical (unpaired) electrons. The van der Waals surface area contributed by atoms with Gasteiger partial charge in [0.05, 0.1) is 23.8 Å². The van der Waals surface area contributed by atoms with Gasteiger partial charge >= 0.3 is 0 Å². The highest BCUT2D eigenvalue weighted by molar-refractivity contribution is 7.89. The van der Waals surface area contributed by atoms with Crippen molar-refractivity contribution in [1.82, 2.24) is 4.72 Å². The summed E-state index contributed by atoms with van der Waals surface area (Å²) in [5.74, 6) is 0.0333. The number of sulfonamides is 1. The van der Waals surface area contributed by atoms with E-state index >= 15 is 0 Å². The van der Waals surface area contributed by atoms with Crippen LogP contribution < -0.4 is 14.8 Å². The van der Waals surface area contributed by atoms with E-state index in [1.807, 2.05) is 32.9 Å². The molecule has 29 heavy (non-hydrogen) atoms. The third kappa shape index (κ3) is 6.56. The first-order valence-electron chi connectivity index (χ1n) is 9.41. The Morgan fingerprint density at radius 1 is 1.14 bits per heavy atom. The van der Waals surface area contributed by atoms with Gasteiger partial charge in [-0.25, -0.2) is 13.1 Å². The quantitative estimate of drug-likeness (QED) is 0.575. The van der Waals surface area contributed by atoms with Crippen LogP contribution in [0.1, 0.15) is 36.2 Å². The average Bonchev–Trinajstić information content (AvgIpc) is 2.67. The van der Waals surface area contributed by atoms with E-state index in [9.17, 15) is 13.2 Å². The number of carbonyl (C=O) groups is 1. The predicted molar refractivity (Wildman–Crippen MR) is 113 cm³/mol. The fraction of sp³-hybridized carbons (Fsp3) is 0.381. The number of nitrogens with one attached hydrogen (secondary N) is 2. The van der Waals surface area contributed by atoms with E-state index in [4.69, 9.17) is 9.47 Å². The van der Waals surface area contributed by atoms with Crippen molar-refractivity contribution in [1.29, 1.82) is 0 Å². The van der Waals surface area contributed by atoms with E-state index in [0.29, 0.717) is 24.3 Å². The van der Waals surface area contributed by atoms with Crippen LogP contribution in [0.25, 0.3) is 0 Å². The van der Waals surface area contributed by atoms with Crippen molar-refractivity contribution in [2.24, 2.45) is 0 Å². The zero-order chi connectivity index (χ0) is 21.4. The van der Waals surface area contributed by atoms with Gasteiger partial charge in [0.15, 0.2) is 0 Å². The second-order valence-electron chi connectivity index (χ2n) is 6.80. The van der Waals surface area contributed by atoms with Gasteiger partial charge in [-0.05, 0) is 57.0 Å². The van der Waals surface area contributed by atoms with Crippen LogP contribution in [-0.4, -0.2) is 40.7 Å². The molecule has 0 aliphatic heterocycles. The molecule has 0 saturated carbocycles. The number of rotatable bonds is 10. The third-order valence-electron chi connectivity index (χ3n) is 4.18. The number of methoxy groups -OCH3 is 1. The molecule has 2 N–H and O–H groups in total. The molecular weight excluding hydrogens is 392 g/mol. The van der Waals surface area contributed by atoms with Crippen molar-refractivity contribution in [3.8, 4) is 5.75 Å². The van der Waals surface area contributed by atoms with Crippen LogP contribution in [0.15, 0.2) is 47.4 Å². The highest BCUT2D eigenvalue weighted by Crippen LogP contribution is 2.28. The Labute approximate surface area is 172 Å². The number of ether oxygens (including phenoxy) is 2. The van der Waals surface area contributed by atoms with Gasteiger partial charge in [0, 0.05) is 18.7 Å². The number of amides is 1. The van der Waals surface area contributed by atoms with Crippen LogP contribution in [0, 0.1) is 6.92 Å². The molecule has 1 amide bonds. The molecule has 0 fully saturated rings. The van der Waals surface area contributed by atoms with Crippen molar-refractivity contribution in [3.63, 3.8) is 0 Å². The van der Waals surface area contributed by atoms with Crippen molar-refractivity contribution in [2.45, 2.75) is 38.2 Å². The first kappa shape index (κ1) is 22.9. The number of hydrogen-bond acceptors (Lipinski definition) is 5. The molecule has 0 saturated heterocycles. The summed E-state index contributed by atoms with van der Waals surface area (Å²) < 4.78 is 38.4. The fourth-order valence-corrected chi connectivity index (χ4v) is 3.75. The lowest BCUT2D eigenvalue weighted by atomic mass is 10.1. The van der Waals surface area contributed by atoms with Crippen molar-refractivity contribution < 1.29 is 22.7 Å². The van der Waals surface area contributed by atoms with E-state index in [1.165, 1.54) is 25.3 Å². The van der Waals surface area contributed by atoms with Crippen molar-refractivity contribution >= 4 is 21.6 Å². The molecule has 8 heteroatoms. The van der Waals surface area contributed by atoms with E-state index in [1.54, 1.807) is 12.1 Å². The minimum atomic E-state index is -3.73. The molecular formula is C21H28N2O5S. The van der Waals surface area contributed by atoms with Gasteiger partial charge in [-0.15, -0.1) is 0 Å². The summed E-state index contributed by atoms with van der Waals surface area (Å²) in [6.45, 7) is 6.41. The standard InChI is InChI=1S/C21H28N2O5S/c1-15(2)28-13-7-12-22-29(25,26)17-10-11-20(27-4)19(14-17)23-21(24)18-9-6-5-8-16(18)3/h5-6,8-11,14-15,22H,7,12-13H2,1-4H3,(H,23,24). The maximum Gasteiger partial charge on any atom is 0.256 e. The molecule has 0 aromatic heterocycles. The molecule has 2 aromatic rings. The zero-order valence-corrected chi connectivity index (χ0v) is 18.0. The van der Waals surface area contributed by atoms with Crippen molar-refractivity contribution in [2.75, 3.05) is 25.6 Å². The van der Waals surface area contributed by atoms with Crippen LogP contribution in [0.2, 0.25) is 0 Å². The normalized spacial score (nSPS) is 11.5. The van der Waals surface area contributed by atoms with Gasteiger partial charge in [0.25, 0.3) is 5.91 Å². The summed E-state index contributed by atoms with van der Waals surface area (Å²) in [6, 6.07) is 11.5. The van der Waals surface area contributed by atoms with E-state index in [-0.39, 0.29) is 29.1 Å². The van der Waals surface area contributed by atoms with Gasteiger partial charge < -0.3 is 14.8 Å². The summed E-state index contributed by atoms with van der Waals surface area (Å²) in [4.78, 5) is 12.7.